The number of hydrogen-bond donors (Lipinski definition) is 2. The number of ether oxygens (including phenoxy) is 1. The fourth-order valence-electron chi connectivity index (χ4n) is 2.56. The summed E-state index contributed by atoms with van der Waals surface area (Å²) in [5.41, 5.74) is 0. The van der Waals surface area contributed by atoms with Crippen LogP contribution < -0.4 is 5.32 Å². The van der Waals surface area contributed by atoms with Crippen LogP contribution in [0.1, 0.15) is 38.5 Å². The van der Waals surface area contributed by atoms with Gasteiger partial charge in [0.05, 0.1) is 5.92 Å². The average Bonchev–Trinajstić information content (AvgIpc) is 2.34. The highest BCUT2D eigenvalue weighted by Gasteiger charge is 2.30. The summed E-state index contributed by atoms with van der Waals surface area (Å²) >= 11 is 0. The van der Waals surface area contributed by atoms with E-state index in [2.05, 4.69) is 5.32 Å². The van der Waals surface area contributed by atoms with Gasteiger partial charge in [0.15, 0.2) is 0 Å². The van der Waals surface area contributed by atoms with Gasteiger partial charge in [-0.1, -0.05) is 12.8 Å². The highest BCUT2D eigenvalue weighted by molar-refractivity contribution is 5.70. The Hall–Kier alpha value is -0.610. The van der Waals surface area contributed by atoms with Gasteiger partial charge in [0.2, 0.25) is 0 Å². The van der Waals surface area contributed by atoms with Crippen molar-refractivity contribution in [3.05, 3.63) is 0 Å². The Morgan fingerprint density at radius 2 is 2.12 bits per heavy atom. The van der Waals surface area contributed by atoms with Gasteiger partial charge < -0.3 is 15.2 Å². The van der Waals surface area contributed by atoms with Crippen LogP contribution in [-0.2, 0) is 9.53 Å². The monoisotopic (exact) mass is 243 g/mol. The first-order valence-electron chi connectivity index (χ1n) is 6.68. The molecule has 1 aliphatic rings. The number of methoxy groups -OCH3 is 1. The topological polar surface area (TPSA) is 58.6 Å². The zero-order chi connectivity index (χ0) is 12.5. The molecule has 100 valence electrons. The summed E-state index contributed by atoms with van der Waals surface area (Å²) in [6.45, 7) is 2.62. The zero-order valence-electron chi connectivity index (χ0n) is 10.8. The van der Waals surface area contributed by atoms with Crippen LogP contribution in [0.5, 0.6) is 0 Å². The van der Waals surface area contributed by atoms with E-state index in [1.54, 1.807) is 7.11 Å². The second-order valence-corrected chi connectivity index (χ2v) is 4.89. The van der Waals surface area contributed by atoms with E-state index in [0.717, 1.165) is 51.8 Å². The van der Waals surface area contributed by atoms with E-state index in [9.17, 15) is 4.79 Å². The molecule has 0 heterocycles. The standard InChI is InChI=1S/C13H25NO3/c1-17-9-5-4-8-14-10-11-6-2-3-7-12(11)13(15)16/h11-12,14H,2-10H2,1H3,(H,15,16). The molecule has 0 aromatic rings. The van der Waals surface area contributed by atoms with Gasteiger partial charge in [-0.25, -0.2) is 0 Å². The van der Waals surface area contributed by atoms with Gasteiger partial charge in [0, 0.05) is 13.7 Å². The number of carboxylic acid groups (broad SMARTS) is 1. The van der Waals surface area contributed by atoms with Crippen molar-refractivity contribution in [1.82, 2.24) is 5.32 Å². The molecule has 0 aliphatic heterocycles. The minimum absolute atomic E-state index is 0.129. The van der Waals surface area contributed by atoms with E-state index >= 15 is 0 Å². The summed E-state index contributed by atoms with van der Waals surface area (Å²) in [5, 5.41) is 12.5. The average molecular weight is 243 g/mol. The molecule has 1 aliphatic carbocycles. The maximum Gasteiger partial charge on any atom is 0.306 e. The van der Waals surface area contributed by atoms with Crippen molar-refractivity contribution >= 4 is 5.97 Å². The van der Waals surface area contributed by atoms with E-state index in [4.69, 9.17) is 9.84 Å². The minimum atomic E-state index is -0.615. The Balaban J connectivity index is 2.13. The molecule has 0 radical (unpaired) electrons. The zero-order valence-corrected chi connectivity index (χ0v) is 10.8. The predicted octanol–water partition coefficient (Wildman–Crippen LogP) is 1.89. The lowest BCUT2D eigenvalue weighted by Crippen LogP contribution is -2.35. The lowest BCUT2D eigenvalue weighted by atomic mass is 9.79. The Labute approximate surface area is 104 Å². The van der Waals surface area contributed by atoms with Crippen LogP contribution in [0.4, 0.5) is 0 Å². The van der Waals surface area contributed by atoms with Crippen molar-refractivity contribution in [2.75, 3.05) is 26.8 Å². The molecule has 1 rings (SSSR count). The van der Waals surface area contributed by atoms with Gasteiger partial charge in [-0.05, 0) is 44.7 Å². The number of rotatable bonds is 8. The summed E-state index contributed by atoms with van der Waals surface area (Å²) in [4.78, 5) is 11.1. The molecule has 2 N–H and O–H groups in total. The summed E-state index contributed by atoms with van der Waals surface area (Å²) < 4.78 is 4.98. The lowest BCUT2D eigenvalue weighted by molar-refractivity contribution is -0.144. The Morgan fingerprint density at radius 3 is 2.82 bits per heavy atom. The summed E-state index contributed by atoms with van der Waals surface area (Å²) in [5.74, 6) is -0.421. The normalized spacial score (nSPS) is 24.8. The molecule has 17 heavy (non-hydrogen) atoms. The van der Waals surface area contributed by atoms with E-state index in [1.807, 2.05) is 0 Å². The molecule has 0 aromatic heterocycles. The smallest absolute Gasteiger partial charge is 0.306 e. The third kappa shape index (κ3) is 5.50. The molecule has 1 saturated carbocycles. The Morgan fingerprint density at radius 1 is 1.35 bits per heavy atom. The molecule has 2 atom stereocenters. The van der Waals surface area contributed by atoms with Gasteiger partial charge in [-0.3, -0.25) is 4.79 Å². The van der Waals surface area contributed by atoms with Crippen LogP contribution in [0.25, 0.3) is 0 Å². The van der Waals surface area contributed by atoms with Crippen molar-refractivity contribution in [3.63, 3.8) is 0 Å². The van der Waals surface area contributed by atoms with Crippen molar-refractivity contribution in [2.45, 2.75) is 38.5 Å². The number of aliphatic carboxylic acids is 1. The lowest BCUT2D eigenvalue weighted by Gasteiger charge is -2.28. The first-order chi connectivity index (χ1) is 8.25. The Bertz CT molecular complexity index is 221. The molecule has 4 heteroatoms. The van der Waals surface area contributed by atoms with Crippen LogP contribution >= 0.6 is 0 Å². The molecular weight excluding hydrogens is 218 g/mol. The second kappa shape index (κ2) is 8.48. The minimum Gasteiger partial charge on any atom is -0.481 e. The number of nitrogens with one attached hydrogen (secondary N) is 1. The summed E-state index contributed by atoms with van der Waals surface area (Å²) in [6, 6.07) is 0. The van der Waals surface area contributed by atoms with Crippen molar-refractivity contribution < 1.29 is 14.6 Å². The number of carboxylic acids is 1. The third-order valence-corrected chi connectivity index (χ3v) is 3.58. The van der Waals surface area contributed by atoms with Crippen molar-refractivity contribution in [1.29, 1.82) is 0 Å². The molecule has 0 bridgehead atoms. The molecule has 0 amide bonds. The largest absolute Gasteiger partial charge is 0.481 e. The molecule has 0 spiro atoms. The molecule has 0 saturated heterocycles. The fourth-order valence-corrected chi connectivity index (χ4v) is 2.56. The van der Waals surface area contributed by atoms with Gasteiger partial charge in [-0.2, -0.15) is 0 Å². The van der Waals surface area contributed by atoms with Crippen molar-refractivity contribution in [2.24, 2.45) is 11.8 Å². The fraction of sp³-hybridized carbons (Fsp3) is 0.923. The highest BCUT2D eigenvalue weighted by Crippen LogP contribution is 2.29. The van der Waals surface area contributed by atoms with Crippen LogP contribution in [0, 0.1) is 11.8 Å². The first kappa shape index (κ1) is 14.5. The van der Waals surface area contributed by atoms with Crippen LogP contribution in [0.15, 0.2) is 0 Å². The molecule has 2 unspecified atom stereocenters. The molecule has 1 fully saturated rings. The summed E-state index contributed by atoms with van der Waals surface area (Å²) in [7, 11) is 1.72. The quantitative estimate of drug-likeness (QED) is 0.639. The van der Waals surface area contributed by atoms with Gasteiger partial charge >= 0.3 is 5.97 Å². The van der Waals surface area contributed by atoms with E-state index < -0.39 is 5.97 Å². The molecule has 0 aromatic carbocycles. The van der Waals surface area contributed by atoms with Gasteiger partial charge in [0.1, 0.15) is 0 Å². The predicted molar refractivity (Wildman–Crippen MR) is 67.1 cm³/mol. The SMILES string of the molecule is COCCCCNCC1CCCCC1C(=O)O. The van der Waals surface area contributed by atoms with Crippen molar-refractivity contribution in [3.8, 4) is 0 Å². The van der Waals surface area contributed by atoms with Gasteiger partial charge in [-0.15, -0.1) is 0 Å². The first-order valence-corrected chi connectivity index (χ1v) is 6.68. The maximum absolute atomic E-state index is 11.1. The second-order valence-electron chi connectivity index (χ2n) is 4.89. The van der Waals surface area contributed by atoms with Crippen LogP contribution in [0.2, 0.25) is 0 Å². The third-order valence-electron chi connectivity index (χ3n) is 3.58. The Kier molecular flexibility index (Phi) is 7.21. The highest BCUT2D eigenvalue weighted by atomic mass is 16.5. The number of hydrogen-bond acceptors (Lipinski definition) is 3. The van der Waals surface area contributed by atoms with E-state index in [0.29, 0.717) is 5.92 Å². The van der Waals surface area contributed by atoms with Crippen LogP contribution in [0.3, 0.4) is 0 Å². The number of unbranched alkanes of at least 4 members (excludes halogenated alkanes) is 1. The molecule has 4 nitrogen and oxygen atoms in total. The van der Waals surface area contributed by atoms with E-state index in [-0.39, 0.29) is 5.92 Å². The number of carbonyl (C=O) groups is 1. The van der Waals surface area contributed by atoms with E-state index in [1.165, 1.54) is 6.42 Å². The molecular formula is C13H25NO3. The summed E-state index contributed by atoms with van der Waals surface area (Å²) in [6.07, 6.45) is 6.32. The van der Waals surface area contributed by atoms with Gasteiger partial charge in [0.25, 0.3) is 0 Å². The maximum atomic E-state index is 11.1. The van der Waals surface area contributed by atoms with Crippen LogP contribution in [-0.4, -0.2) is 37.9 Å².